The Balaban J connectivity index is 1.44. The number of hydrogen-bond acceptors (Lipinski definition) is 4. The molecule has 3 aromatic rings. The number of rotatable bonds is 6. The van der Waals surface area contributed by atoms with E-state index in [1.807, 2.05) is 30.3 Å². The van der Waals surface area contributed by atoms with Gasteiger partial charge in [-0.05, 0) is 61.4 Å². The van der Waals surface area contributed by atoms with Crippen LogP contribution in [0.15, 0.2) is 63.5 Å². The van der Waals surface area contributed by atoms with Gasteiger partial charge in [0.15, 0.2) is 5.76 Å². The Hall–Kier alpha value is -2.80. The Bertz CT molecular complexity index is 998. The Kier molecular flexibility index (Phi) is 5.85. The van der Waals surface area contributed by atoms with Crippen LogP contribution < -0.4 is 15.0 Å². The second-order valence-corrected chi connectivity index (χ2v) is 7.71. The number of furan rings is 1. The third-order valence-corrected chi connectivity index (χ3v) is 5.29. The zero-order valence-corrected chi connectivity index (χ0v) is 17.2. The molecule has 0 saturated carbocycles. The summed E-state index contributed by atoms with van der Waals surface area (Å²) in [4.78, 5) is 14.7. The predicted octanol–water partition coefficient (Wildman–Crippen LogP) is 5.61. The van der Waals surface area contributed by atoms with E-state index in [4.69, 9.17) is 9.15 Å². The minimum Gasteiger partial charge on any atom is -0.486 e. The van der Waals surface area contributed by atoms with Crippen molar-refractivity contribution in [3.8, 4) is 5.75 Å². The standard InChI is InChI=1S/C22H20BrFN2O3/c23-15-6-8-16(9-7-15)28-14-17-10-11-20(29-17)22(27)25-21-18(24)4-3-5-19(21)26-12-1-2-13-26/h3-11H,1-2,12-14H2,(H,25,27). The molecule has 1 aliphatic heterocycles. The van der Waals surface area contributed by atoms with Crippen molar-refractivity contribution in [3.05, 3.63) is 76.4 Å². The minimum atomic E-state index is -0.495. The highest BCUT2D eigenvalue weighted by Crippen LogP contribution is 2.31. The second kappa shape index (κ2) is 8.69. The number of nitrogens with zero attached hydrogens (tertiary/aromatic N) is 1. The smallest absolute Gasteiger partial charge is 0.291 e. The summed E-state index contributed by atoms with van der Waals surface area (Å²) in [5.74, 6) is 0.345. The van der Waals surface area contributed by atoms with Crippen molar-refractivity contribution >= 4 is 33.2 Å². The number of para-hydroxylation sites is 1. The molecule has 4 rings (SSSR count). The number of ether oxygens (including phenoxy) is 1. The lowest BCUT2D eigenvalue weighted by Crippen LogP contribution is -2.21. The Labute approximate surface area is 176 Å². The molecule has 1 amide bonds. The molecular formula is C22H20BrFN2O3. The highest BCUT2D eigenvalue weighted by atomic mass is 79.9. The zero-order valence-electron chi connectivity index (χ0n) is 15.7. The summed E-state index contributed by atoms with van der Waals surface area (Å²) < 4.78 is 26.6. The number of benzene rings is 2. The van der Waals surface area contributed by atoms with E-state index in [1.165, 1.54) is 6.07 Å². The third kappa shape index (κ3) is 4.62. The lowest BCUT2D eigenvalue weighted by Gasteiger charge is -2.21. The third-order valence-electron chi connectivity index (χ3n) is 4.76. The van der Waals surface area contributed by atoms with Gasteiger partial charge in [-0.25, -0.2) is 4.39 Å². The fourth-order valence-electron chi connectivity index (χ4n) is 3.30. The van der Waals surface area contributed by atoms with E-state index in [-0.39, 0.29) is 18.1 Å². The number of amides is 1. The van der Waals surface area contributed by atoms with Gasteiger partial charge in [0, 0.05) is 17.6 Å². The molecule has 0 radical (unpaired) electrons. The van der Waals surface area contributed by atoms with Gasteiger partial charge >= 0.3 is 0 Å². The van der Waals surface area contributed by atoms with Gasteiger partial charge in [-0.3, -0.25) is 4.79 Å². The lowest BCUT2D eigenvalue weighted by molar-refractivity contribution is 0.0992. The lowest BCUT2D eigenvalue weighted by atomic mass is 10.2. The number of halogens is 2. The van der Waals surface area contributed by atoms with Crippen LogP contribution in [0.4, 0.5) is 15.8 Å². The molecule has 7 heteroatoms. The largest absolute Gasteiger partial charge is 0.486 e. The summed E-state index contributed by atoms with van der Waals surface area (Å²) in [6.07, 6.45) is 2.12. The predicted molar refractivity (Wildman–Crippen MR) is 113 cm³/mol. The van der Waals surface area contributed by atoms with E-state index in [9.17, 15) is 9.18 Å². The maximum absolute atomic E-state index is 14.4. The van der Waals surface area contributed by atoms with Crippen LogP contribution in [0.1, 0.15) is 29.2 Å². The first kappa shape index (κ1) is 19.5. The highest BCUT2D eigenvalue weighted by molar-refractivity contribution is 9.10. The first-order valence-corrected chi connectivity index (χ1v) is 10.2. The maximum Gasteiger partial charge on any atom is 0.291 e. The van der Waals surface area contributed by atoms with Gasteiger partial charge in [0.05, 0.1) is 5.69 Å². The molecule has 2 heterocycles. The van der Waals surface area contributed by atoms with E-state index in [0.717, 1.165) is 30.4 Å². The first-order chi connectivity index (χ1) is 14.1. The van der Waals surface area contributed by atoms with Gasteiger partial charge in [0.1, 0.15) is 29.6 Å². The maximum atomic E-state index is 14.4. The summed E-state index contributed by atoms with van der Waals surface area (Å²) in [7, 11) is 0. The fraction of sp³-hybridized carbons (Fsp3) is 0.227. The SMILES string of the molecule is O=C(Nc1c(F)cccc1N1CCCC1)c1ccc(COc2ccc(Br)cc2)o1. The summed E-state index contributed by atoms with van der Waals surface area (Å²) in [5.41, 5.74) is 0.879. The van der Waals surface area contributed by atoms with Gasteiger partial charge in [0.25, 0.3) is 5.91 Å². The van der Waals surface area contributed by atoms with E-state index in [1.54, 1.807) is 18.2 Å². The summed E-state index contributed by atoms with van der Waals surface area (Å²) in [5, 5.41) is 2.67. The quantitative estimate of drug-likeness (QED) is 0.521. The Morgan fingerprint density at radius 3 is 2.62 bits per heavy atom. The van der Waals surface area contributed by atoms with Crippen LogP contribution in [0.25, 0.3) is 0 Å². The van der Waals surface area contributed by atoms with Crippen LogP contribution in [0, 0.1) is 5.82 Å². The zero-order chi connectivity index (χ0) is 20.2. The Morgan fingerprint density at radius 1 is 1.10 bits per heavy atom. The van der Waals surface area contributed by atoms with Crippen LogP contribution in [0.3, 0.4) is 0 Å². The van der Waals surface area contributed by atoms with Gasteiger partial charge < -0.3 is 19.4 Å². The van der Waals surface area contributed by atoms with Crippen molar-refractivity contribution in [1.82, 2.24) is 0 Å². The van der Waals surface area contributed by atoms with Crippen LogP contribution in [-0.4, -0.2) is 19.0 Å². The van der Waals surface area contributed by atoms with Crippen molar-refractivity contribution < 1.29 is 18.3 Å². The van der Waals surface area contributed by atoms with Gasteiger partial charge in [-0.1, -0.05) is 22.0 Å². The molecule has 0 unspecified atom stereocenters. The second-order valence-electron chi connectivity index (χ2n) is 6.79. The van der Waals surface area contributed by atoms with Crippen molar-refractivity contribution in [3.63, 3.8) is 0 Å². The molecule has 1 aliphatic rings. The molecule has 1 N–H and O–H groups in total. The number of nitrogens with one attached hydrogen (secondary N) is 1. The fourth-order valence-corrected chi connectivity index (χ4v) is 3.56. The minimum absolute atomic E-state index is 0.107. The first-order valence-electron chi connectivity index (χ1n) is 9.42. The van der Waals surface area contributed by atoms with Gasteiger partial charge in [-0.15, -0.1) is 0 Å². The summed E-state index contributed by atoms with van der Waals surface area (Å²) in [6, 6.07) is 15.5. The van der Waals surface area contributed by atoms with Crippen LogP contribution in [0.5, 0.6) is 5.75 Å². The normalized spacial score (nSPS) is 13.5. The van der Waals surface area contributed by atoms with Crippen LogP contribution in [-0.2, 0) is 6.61 Å². The highest BCUT2D eigenvalue weighted by Gasteiger charge is 2.21. The van der Waals surface area contributed by atoms with Crippen LogP contribution in [0.2, 0.25) is 0 Å². The average molecular weight is 459 g/mol. The molecule has 0 atom stereocenters. The number of carbonyl (C=O) groups excluding carboxylic acids is 1. The van der Waals surface area contributed by atoms with E-state index >= 15 is 0 Å². The molecule has 1 saturated heterocycles. The number of hydrogen-bond donors (Lipinski definition) is 1. The number of anilines is 2. The van der Waals surface area contributed by atoms with E-state index < -0.39 is 11.7 Å². The molecule has 0 aliphatic carbocycles. The topological polar surface area (TPSA) is 54.7 Å². The van der Waals surface area contributed by atoms with Gasteiger partial charge in [0.2, 0.25) is 0 Å². The van der Waals surface area contributed by atoms with Gasteiger partial charge in [-0.2, -0.15) is 0 Å². The molecule has 29 heavy (non-hydrogen) atoms. The van der Waals surface area contributed by atoms with Crippen molar-refractivity contribution in [2.75, 3.05) is 23.3 Å². The molecular weight excluding hydrogens is 439 g/mol. The van der Waals surface area contributed by atoms with Crippen molar-refractivity contribution in [1.29, 1.82) is 0 Å². The average Bonchev–Trinajstić information content (AvgIpc) is 3.41. The molecule has 150 valence electrons. The van der Waals surface area contributed by atoms with Crippen molar-refractivity contribution in [2.45, 2.75) is 19.4 Å². The molecule has 1 aromatic heterocycles. The summed E-state index contributed by atoms with van der Waals surface area (Å²) >= 11 is 3.37. The van der Waals surface area contributed by atoms with Crippen molar-refractivity contribution in [2.24, 2.45) is 0 Å². The molecule has 2 aromatic carbocycles. The molecule has 0 bridgehead atoms. The Morgan fingerprint density at radius 2 is 1.86 bits per heavy atom. The molecule has 1 fully saturated rings. The number of carbonyl (C=O) groups is 1. The summed E-state index contributed by atoms with van der Waals surface area (Å²) in [6.45, 7) is 1.89. The van der Waals surface area contributed by atoms with Crippen LogP contribution >= 0.6 is 15.9 Å². The van der Waals surface area contributed by atoms with E-state index in [2.05, 4.69) is 26.1 Å². The molecule has 0 spiro atoms. The van der Waals surface area contributed by atoms with E-state index in [0.29, 0.717) is 17.2 Å². The molecule has 5 nitrogen and oxygen atoms in total. The monoisotopic (exact) mass is 458 g/mol.